The van der Waals surface area contributed by atoms with Gasteiger partial charge < -0.3 is 25.0 Å². The van der Waals surface area contributed by atoms with Crippen LogP contribution in [0.4, 0.5) is 10.2 Å². The van der Waals surface area contributed by atoms with Crippen molar-refractivity contribution in [3.8, 4) is 5.75 Å². The van der Waals surface area contributed by atoms with Gasteiger partial charge in [0.05, 0.1) is 20.6 Å². The van der Waals surface area contributed by atoms with Crippen LogP contribution in [0.2, 0.25) is 0 Å². The van der Waals surface area contributed by atoms with E-state index >= 15 is 0 Å². The minimum absolute atomic E-state index is 0.141. The number of anilines is 1. The van der Waals surface area contributed by atoms with E-state index in [-0.39, 0.29) is 23.9 Å². The molecule has 2 unspecified atom stereocenters. The Balaban J connectivity index is 1.24. The molecule has 1 aliphatic heterocycles. The smallest absolute Gasteiger partial charge is 0.307 e. The van der Waals surface area contributed by atoms with Gasteiger partial charge in [0, 0.05) is 49.8 Å². The van der Waals surface area contributed by atoms with Gasteiger partial charge in [-0.1, -0.05) is 37.5 Å². The maximum atomic E-state index is 14.1. The van der Waals surface area contributed by atoms with E-state index in [4.69, 9.17) is 9.47 Å². The Kier molecular flexibility index (Phi) is 10.6. The van der Waals surface area contributed by atoms with Gasteiger partial charge in [0.2, 0.25) is 0 Å². The molecule has 2 aliphatic rings. The minimum Gasteiger partial charge on any atom is -0.497 e. The predicted octanol–water partition coefficient (Wildman–Crippen LogP) is 6.03. The fourth-order valence-electron chi connectivity index (χ4n) is 6.88. The van der Waals surface area contributed by atoms with Crippen molar-refractivity contribution in [3.05, 3.63) is 66.1 Å². The maximum absolute atomic E-state index is 14.1. The van der Waals surface area contributed by atoms with E-state index in [9.17, 15) is 9.18 Å². The zero-order valence-electron chi connectivity index (χ0n) is 25.0. The Morgan fingerprint density at radius 2 is 1.69 bits per heavy atom. The summed E-state index contributed by atoms with van der Waals surface area (Å²) in [6, 6.07) is 15.6. The lowest BCUT2D eigenvalue weighted by atomic mass is 9.82. The molecule has 1 aromatic heterocycles. The lowest BCUT2D eigenvalue weighted by molar-refractivity contribution is -0.141. The number of benzene rings is 2. The quantitative estimate of drug-likeness (QED) is 0.201. The fraction of sp³-hybridized carbons (Fsp3) is 0.529. The third-order valence-electron chi connectivity index (χ3n) is 9.22. The average molecular weight is 577 g/mol. The highest BCUT2D eigenvalue weighted by molar-refractivity contribution is 5.92. The van der Waals surface area contributed by atoms with Gasteiger partial charge in [-0.25, -0.2) is 9.37 Å². The molecule has 2 atom stereocenters. The summed E-state index contributed by atoms with van der Waals surface area (Å²) in [5, 5.41) is 9.43. The molecule has 226 valence electrons. The Morgan fingerprint density at radius 1 is 0.952 bits per heavy atom. The van der Waals surface area contributed by atoms with Crippen molar-refractivity contribution in [3.63, 3.8) is 0 Å². The van der Waals surface area contributed by atoms with Gasteiger partial charge in [0.25, 0.3) is 0 Å². The summed E-state index contributed by atoms with van der Waals surface area (Å²) in [7, 11) is 3.16. The summed E-state index contributed by atoms with van der Waals surface area (Å²) in [6.45, 7) is 3.31. The van der Waals surface area contributed by atoms with Gasteiger partial charge in [-0.2, -0.15) is 0 Å². The van der Waals surface area contributed by atoms with E-state index in [1.54, 1.807) is 13.2 Å². The summed E-state index contributed by atoms with van der Waals surface area (Å²) >= 11 is 0. The first kappa shape index (κ1) is 30.2. The van der Waals surface area contributed by atoms with Crippen LogP contribution in [-0.2, 0) is 9.53 Å². The van der Waals surface area contributed by atoms with Crippen LogP contribution in [0.25, 0.3) is 10.8 Å². The minimum atomic E-state index is -0.235. The molecule has 1 saturated carbocycles. The van der Waals surface area contributed by atoms with E-state index in [2.05, 4.69) is 32.7 Å². The first-order valence-electron chi connectivity index (χ1n) is 15.5. The normalized spacial score (nSPS) is 18.1. The molecule has 2 heterocycles. The van der Waals surface area contributed by atoms with Gasteiger partial charge in [-0.3, -0.25) is 4.79 Å². The number of halogens is 1. The number of rotatable bonds is 12. The van der Waals surface area contributed by atoms with Gasteiger partial charge in [0.15, 0.2) is 0 Å². The number of esters is 1. The summed E-state index contributed by atoms with van der Waals surface area (Å²) in [5.41, 5.74) is 1.25. The van der Waals surface area contributed by atoms with E-state index in [0.717, 1.165) is 61.4 Å². The number of piperidine rings is 1. The third-order valence-corrected chi connectivity index (χ3v) is 9.22. The topological polar surface area (TPSA) is 75.7 Å². The molecule has 0 amide bonds. The number of methoxy groups -OCH3 is 2. The van der Waals surface area contributed by atoms with Crippen LogP contribution in [0.5, 0.6) is 5.75 Å². The van der Waals surface area contributed by atoms with Crippen molar-refractivity contribution in [1.82, 2.24) is 15.6 Å². The molecule has 0 spiro atoms. The van der Waals surface area contributed by atoms with E-state index in [0.29, 0.717) is 18.3 Å². The average Bonchev–Trinajstić information content (AvgIpc) is 3.04. The van der Waals surface area contributed by atoms with Crippen LogP contribution in [0.15, 0.2) is 54.7 Å². The number of carbonyl (C=O) groups is 1. The van der Waals surface area contributed by atoms with Crippen LogP contribution in [-0.4, -0.2) is 57.4 Å². The molecule has 0 radical (unpaired) electrons. The molecule has 7 nitrogen and oxygen atoms in total. The molecular formula is C34H45FN4O3. The number of aromatic nitrogens is 1. The summed E-state index contributed by atoms with van der Waals surface area (Å²) in [6.07, 6.45) is 10.4. The molecule has 1 aliphatic carbocycles. The molecule has 2 aromatic carbocycles. The summed E-state index contributed by atoms with van der Waals surface area (Å²) in [4.78, 5) is 19.1. The monoisotopic (exact) mass is 576 g/mol. The standard InChI is InChI=1S/C34H45FN4O3/c1-41-29-12-9-26(10-13-29)33(37-19-18-36-31(23-32(40)42-2)25-6-4-3-5-7-25)27-15-20-39(21-16-27)34-30-22-28(35)11-8-24(30)14-17-38-34/h8-14,17,22,25,27,31,33,36-37H,3-7,15-16,18-21,23H2,1-2H3. The maximum Gasteiger partial charge on any atom is 0.307 e. The van der Waals surface area contributed by atoms with Gasteiger partial charge in [-0.05, 0) is 78.8 Å². The second-order valence-electron chi connectivity index (χ2n) is 11.8. The van der Waals surface area contributed by atoms with E-state index in [1.165, 1.54) is 50.8 Å². The SMILES string of the molecule is COC(=O)CC(NCCNC(c1ccc(OC)cc1)C1CCN(c2nccc3ccc(F)cc23)CC1)C1CCCCC1. The molecule has 1 saturated heterocycles. The second kappa shape index (κ2) is 14.8. The molecule has 42 heavy (non-hydrogen) atoms. The third kappa shape index (κ3) is 7.58. The number of carbonyl (C=O) groups excluding carboxylic acids is 1. The van der Waals surface area contributed by atoms with Crippen LogP contribution < -0.4 is 20.3 Å². The fourth-order valence-corrected chi connectivity index (χ4v) is 6.88. The Morgan fingerprint density at radius 3 is 2.40 bits per heavy atom. The summed E-state index contributed by atoms with van der Waals surface area (Å²) in [5.74, 6) is 2.30. The number of hydrogen-bond donors (Lipinski definition) is 2. The van der Waals surface area contributed by atoms with Gasteiger partial charge in [-0.15, -0.1) is 0 Å². The molecular weight excluding hydrogens is 531 g/mol. The van der Waals surface area contributed by atoms with E-state index < -0.39 is 0 Å². The highest BCUT2D eigenvalue weighted by atomic mass is 19.1. The predicted molar refractivity (Wildman–Crippen MR) is 165 cm³/mol. The van der Waals surface area contributed by atoms with Crippen molar-refractivity contribution in [1.29, 1.82) is 0 Å². The van der Waals surface area contributed by atoms with Gasteiger partial charge in [0.1, 0.15) is 17.4 Å². The van der Waals surface area contributed by atoms with Crippen molar-refractivity contribution in [2.24, 2.45) is 11.8 Å². The highest BCUT2D eigenvalue weighted by Crippen LogP contribution is 2.35. The van der Waals surface area contributed by atoms with Crippen LogP contribution in [0.1, 0.15) is 63.0 Å². The van der Waals surface area contributed by atoms with Crippen LogP contribution >= 0.6 is 0 Å². The molecule has 2 N–H and O–H groups in total. The van der Waals surface area contributed by atoms with Crippen molar-refractivity contribution in [2.45, 2.75) is 63.5 Å². The van der Waals surface area contributed by atoms with Crippen molar-refractivity contribution < 1.29 is 18.7 Å². The zero-order valence-corrected chi connectivity index (χ0v) is 25.0. The van der Waals surface area contributed by atoms with Crippen molar-refractivity contribution in [2.75, 3.05) is 45.3 Å². The van der Waals surface area contributed by atoms with Crippen molar-refractivity contribution >= 4 is 22.6 Å². The lowest BCUT2D eigenvalue weighted by Gasteiger charge is -2.38. The largest absolute Gasteiger partial charge is 0.497 e. The Hall–Kier alpha value is -3.23. The Labute approximate surface area is 249 Å². The highest BCUT2D eigenvalue weighted by Gasteiger charge is 2.29. The number of ether oxygens (including phenoxy) is 2. The van der Waals surface area contributed by atoms with E-state index in [1.807, 2.05) is 30.5 Å². The lowest BCUT2D eigenvalue weighted by Crippen LogP contribution is -2.44. The number of fused-ring (bicyclic) bond motifs is 1. The summed E-state index contributed by atoms with van der Waals surface area (Å²) < 4.78 is 24.5. The molecule has 8 heteroatoms. The Bertz CT molecular complexity index is 1290. The molecule has 3 aromatic rings. The number of nitrogens with one attached hydrogen (secondary N) is 2. The number of pyridine rings is 1. The van der Waals surface area contributed by atoms with Gasteiger partial charge >= 0.3 is 5.97 Å². The number of nitrogens with zero attached hydrogens (tertiary/aromatic N) is 2. The first-order chi connectivity index (χ1) is 20.6. The number of hydrogen-bond acceptors (Lipinski definition) is 7. The van der Waals surface area contributed by atoms with Crippen LogP contribution in [0.3, 0.4) is 0 Å². The molecule has 2 fully saturated rings. The molecule has 5 rings (SSSR count). The molecule has 0 bridgehead atoms. The second-order valence-corrected chi connectivity index (χ2v) is 11.8. The van der Waals surface area contributed by atoms with Crippen LogP contribution in [0, 0.1) is 17.7 Å². The zero-order chi connectivity index (χ0) is 29.3. The first-order valence-corrected chi connectivity index (χ1v) is 15.5.